The van der Waals surface area contributed by atoms with Gasteiger partial charge in [0.1, 0.15) is 5.76 Å². The highest BCUT2D eigenvalue weighted by atomic mass is 35.5. The molecule has 26 heavy (non-hydrogen) atoms. The first-order chi connectivity index (χ1) is 12.5. The average Bonchev–Trinajstić information content (AvgIpc) is 2.91. The molecule has 1 atom stereocenters. The highest BCUT2D eigenvalue weighted by Crippen LogP contribution is 2.39. The lowest BCUT2D eigenvalue weighted by atomic mass is 9.95. The monoisotopic (exact) mass is 369 g/mol. The van der Waals surface area contributed by atoms with Gasteiger partial charge in [-0.15, -0.1) is 0 Å². The molecule has 1 amide bonds. The van der Waals surface area contributed by atoms with Crippen molar-refractivity contribution in [1.29, 1.82) is 0 Å². The van der Waals surface area contributed by atoms with Crippen molar-refractivity contribution in [1.82, 2.24) is 4.90 Å². The van der Waals surface area contributed by atoms with Crippen molar-refractivity contribution in [2.24, 2.45) is 0 Å². The van der Waals surface area contributed by atoms with Crippen LogP contribution < -0.4 is 0 Å². The zero-order valence-corrected chi connectivity index (χ0v) is 15.2. The number of amides is 1. The summed E-state index contributed by atoms with van der Waals surface area (Å²) in [7, 11) is 0. The van der Waals surface area contributed by atoms with Gasteiger partial charge in [-0.3, -0.25) is 9.59 Å². The van der Waals surface area contributed by atoms with Crippen molar-refractivity contribution in [2.45, 2.75) is 25.8 Å². The number of nitrogens with zero attached hydrogens (tertiary/aromatic N) is 1. The second-order valence-electron chi connectivity index (χ2n) is 6.26. The van der Waals surface area contributed by atoms with Crippen molar-refractivity contribution in [2.75, 3.05) is 6.54 Å². The van der Waals surface area contributed by atoms with Gasteiger partial charge in [0.25, 0.3) is 11.7 Å². The normalized spacial score (nSPS) is 19.2. The zero-order chi connectivity index (χ0) is 18.7. The van der Waals surface area contributed by atoms with Crippen LogP contribution in [0.3, 0.4) is 0 Å². The van der Waals surface area contributed by atoms with Crippen molar-refractivity contribution < 1.29 is 14.7 Å². The predicted octanol–water partition coefficient (Wildman–Crippen LogP) is 4.56. The summed E-state index contributed by atoms with van der Waals surface area (Å²) < 4.78 is 0. The molecular formula is C21H20ClNO3. The fourth-order valence-electron chi connectivity index (χ4n) is 3.18. The fraction of sp³-hybridized carbons (Fsp3) is 0.238. The number of aliphatic hydroxyl groups excluding tert-OH is 1. The van der Waals surface area contributed by atoms with Gasteiger partial charge in [-0.1, -0.05) is 67.4 Å². The molecular weight excluding hydrogens is 350 g/mol. The Hall–Kier alpha value is -2.59. The average molecular weight is 370 g/mol. The van der Waals surface area contributed by atoms with E-state index in [0.29, 0.717) is 17.1 Å². The second kappa shape index (κ2) is 7.75. The van der Waals surface area contributed by atoms with Crippen LogP contribution >= 0.6 is 11.6 Å². The number of benzene rings is 2. The molecule has 1 aliphatic heterocycles. The Balaban J connectivity index is 2.15. The van der Waals surface area contributed by atoms with Gasteiger partial charge >= 0.3 is 0 Å². The highest BCUT2D eigenvalue weighted by molar-refractivity contribution is 6.46. The lowest BCUT2D eigenvalue weighted by Crippen LogP contribution is -2.30. The molecule has 0 aliphatic carbocycles. The standard InChI is InChI=1S/C21H20ClNO3/c1-2-3-13-23-18(14-9-11-16(22)12-10-14)17(20(25)21(23)26)19(24)15-7-5-4-6-8-15/h4-12,18,24H,2-3,13H2,1H3/b19-17-. The third kappa shape index (κ3) is 3.37. The Morgan fingerprint density at radius 1 is 1.08 bits per heavy atom. The van der Waals surface area contributed by atoms with Crippen LogP contribution in [0, 0.1) is 0 Å². The Kier molecular flexibility index (Phi) is 5.43. The first-order valence-electron chi connectivity index (χ1n) is 8.64. The largest absolute Gasteiger partial charge is 0.507 e. The lowest BCUT2D eigenvalue weighted by molar-refractivity contribution is -0.139. The van der Waals surface area contributed by atoms with E-state index in [0.717, 1.165) is 18.4 Å². The molecule has 3 rings (SSSR count). The number of hydrogen-bond donors (Lipinski definition) is 1. The van der Waals surface area contributed by atoms with Crippen LogP contribution in [-0.2, 0) is 9.59 Å². The van der Waals surface area contributed by atoms with Crippen LogP contribution in [-0.4, -0.2) is 28.2 Å². The number of Topliss-reactive ketones (excluding diaryl/α,β-unsaturated/α-hetero) is 1. The maximum absolute atomic E-state index is 12.7. The number of halogens is 1. The maximum atomic E-state index is 12.7. The lowest BCUT2D eigenvalue weighted by Gasteiger charge is -2.25. The smallest absolute Gasteiger partial charge is 0.295 e. The first-order valence-corrected chi connectivity index (χ1v) is 9.01. The summed E-state index contributed by atoms with van der Waals surface area (Å²) in [6.45, 7) is 2.48. The minimum Gasteiger partial charge on any atom is -0.507 e. The SMILES string of the molecule is CCCCN1C(=O)C(=O)/C(=C(\O)c2ccccc2)C1c1ccc(Cl)cc1. The number of carbonyl (C=O) groups is 2. The summed E-state index contributed by atoms with van der Waals surface area (Å²) in [5.41, 5.74) is 1.39. The van der Waals surface area contributed by atoms with Crippen molar-refractivity contribution >= 4 is 29.1 Å². The Morgan fingerprint density at radius 3 is 2.35 bits per heavy atom. The van der Waals surface area contributed by atoms with Gasteiger partial charge < -0.3 is 10.0 Å². The van der Waals surface area contributed by atoms with Crippen LogP contribution in [0.2, 0.25) is 5.02 Å². The molecule has 4 nitrogen and oxygen atoms in total. The number of aliphatic hydroxyl groups is 1. The molecule has 0 spiro atoms. The fourth-order valence-corrected chi connectivity index (χ4v) is 3.31. The van der Waals surface area contributed by atoms with E-state index in [1.54, 1.807) is 53.4 Å². The number of unbranched alkanes of at least 4 members (excludes halogenated alkanes) is 1. The van der Waals surface area contributed by atoms with E-state index in [1.807, 2.05) is 13.0 Å². The van der Waals surface area contributed by atoms with E-state index in [-0.39, 0.29) is 11.3 Å². The van der Waals surface area contributed by atoms with E-state index >= 15 is 0 Å². The van der Waals surface area contributed by atoms with E-state index in [9.17, 15) is 14.7 Å². The molecule has 1 saturated heterocycles. The molecule has 134 valence electrons. The minimum atomic E-state index is -0.651. The molecule has 1 aliphatic rings. The summed E-state index contributed by atoms with van der Waals surface area (Å²) in [5.74, 6) is -1.37. The number of ketones is 1. The summed E-state index contributed by atoms with van der Waals surface area (Å²) in [6.07, 6.45) is 1.68. The zero-order valence-electron chi connectivity index (χ0n) is 14.5. The highest BCUT2D eigenvalue weighted by Gasteiger charge is 2.45. The molecule has 1 fully saturated rings. The summed E-state index contributed by atoms with van der Waals surface area (Å²) in [4.78, 5) is 26.9. The maximum Gasteiger partial charge on any atom is 0.295 e. The van der Waals surface area contributed by atoms with Gasteiger partial charge in [0, 0.05) is 17.1 Å². The first kappa shape index (κ1) is 18.2. The van der Waals surface area contributed by atoms with Crippen molar-refractivity contribution in [3.8, 4) is 0 Å². The van der Waals surface area contributed by atoms with Gasteiger partial charge in [-0.2, -0.15) is 0 Å². The van der Waals surface area contributed by atoms with Gasteiger partial charge in [0.05, 0.1) is 11.6 Å². The van der Waals surface area contributed by atoms with Crippen LogP contribution in [0.4, 0.5) is 0 Å². The Bertz CT molecular complexity index is 843. The molecule has 2 aromatic rings. The minimum absolute atomic E-state index is 0.125. The molecule has 1 N–H and O–H groups in total. The molecule has 5 heteroatoms. The molecule has 1 unspecified atom stereocenters. The van der Waals surface area contributed by atoms with Crippen molar-refractivity contribution in [3.05, 3.63) is 76.3 Å². The second-order valence-corrected chi connectivity index (χ2v) is 6.70. The van der Waals surface area contributed by atoms with Crippen molar-refractivity contribution in [3.63, 3.8) is 0 Å². The van der Waals surface area contributed by atoms with E-state index < -0.39 is 17.7 Å². The number of likely N-dealkylation sites (tertiary alicyclic amines) is 1. The van der Waals surface area contributed by atoms with Crippen LogP contribution in [0.15, 0.2) is 60.2 Å². The molecule has 1 heterocycles. The van der Waals surface area contributed by atoms with E-state index in [2.05, 4.69) is 0 Å². The summed E-state index contributed by atoms with van der Waals surface area (Å²) in [6, 6.07) is 15.2. The van der Waals surface area contributed by atoms with E-state index in [1.165, 1.54) is 0 Å². The molecule has 0 saturated carbocycles. The predicted molar refractivity (Wildman–Crippen MR) is 102 cm³/mol. The van der Waals surface area contributed by atoms with Gasteiger partial charge in [0.2, 0.25) is 0 Å². The quantitative estimate of drug-likeness (QED) is 0.477. The van der Waals surface area contributed by atoms with Crippen LogP contribution in [0.1, 0.15) is 36.9 Å². The summed E-state index contributed by atoms with van der Waals surface area (Å²) >= 11 is 5.98. The molecule has 0 radical (unpaired) electrons. The molecule has 0 bridgehead atoms. The van der Waals surface area contributed by atoms with Gasteiger partial charge in [0.15, 0.2) is 0 Å². The number of carbonyl (C=O) groups excluding carboxylic acids is 2. The van der Waals surface area contributed by atoms with Crippen LogP contribution in [0.5, 0.6) is 0 Å². The van der Waals surface area contributed by atoms with Crippen LogP contribution in [0.25, 0.3) is 5.76 Å². The molecule has 2 aromatic carbocycles. The third-order valence-corrected chi connectivity index (χ3v) is 4.78. The van der Waals surface area contributed by atoms with Gasteiger partial charge in [-0.05, 0) is 24.1 Å². The number of rotatable bonds is 5. The Labute approximate surface area is 157 Å². The third-order valence-electron chi connectivity index (χ3n) is 4.53. The van der Waals surface area contributed by atoms with Gasteiger partial charge in [-0.25, -0.2) is 0 Å². The van der Waals surface area contributed by atoms with E-state index in [4.69, 9.17) is 11.6 Å². The topological polar surface area (TPSA) is 57.6 Å². The molecule has 0 aromatic heterocycles. The summed E-state index contributed by atoms with van der Waals surface area (Å²) in [5, 5.41) is 11.4. The Morgan fingerprint density at radius 2 is 1.73 bits per heavy atom. The number of hydrogen-bond acceptors (Lipinski definition) is 3.